The normalized spacial score (nSPS) is 14.1. The fourth-order valence-corrected chi connectivity index (χ4v) is 5.11. The molecule has 10 heteroatoms. The van der Waals surface area contributed by atoms with Crippen LogP contribution in [-0.2, 0) is 7.05 Å². The van der Waals surface area contributed by atoms with Gasteiger partial charge in [0.1, 0.15) is 0 Å². The zero-order chi connectivity index (χ0) is 29.2. The van der Waals surface area contributed by atoms with E-state index >= 15 is 0 Å². The standard InChI is InChI=1S/C32H31N7O3/c1-37-14-16-39(17-15-37)25-9-7-23(8-10-25)34-20-27-26-11-6-22(19-28(26)36-31(27)41)29(40)21-4-3-5-24(18-21)35-32(42)30-33-12-13-38(30)2/h3-13,18-20,36,41H,14-17H2,1-2H3,(H,35,42). The van der Waals surface area contributed by atoms with Gasteiger partial charge in [0.25, 0.3) is 5.91 Å². The van der Waals surface area contributed by atoms with E-state index in [-0.39, 0.29) is 23.4 Å². The Morgan fingerprint density at radius 3 is 2.48 bits per heavy atom. The van der Waals surface area contributed by atoms with Crippen LogP contribution >= 0.6 is 0 Å². The van der Waals surface area contributed by atoms with Crippen molar-refractivity contribution < 1.29 is 14.7 Å². The summed E-state index contributed by atoms with van der Waals surface area (Å²) in [4.78, 5) is 42.2. The van der Waals surface area contributed by atoms with Gasteiger partial charge < -0.3 is 29.8 Å². The molecule has 1 amide bonds. The Hall–Kier alpha value is -5.22. The van der Waals surface area contributed by atoms with Gasteiger partial charge in [-0.1, -0.05) is 24.3 Å². The summed E-state index contributed by atoms with van der Waals surface area (Å²) in [6, 6.07) is 20.1. The number of ketones is 1. The van der Waals surface area contributed by atoms with Crippen LogP contribution in [0.3, 0.4) is 0 Å². The van der Waals surface area contributed by atoms with E-state index in [4.69, 9.17) is 0 Å². The van der Waals surface area contributed by atoms with Crippen molar-refractivity contribution in [2.75, 3.05) is 43.4 Å². The molecule has 1 aliphatic rings. The predicted molar refractivity (Wildman–Crippen MR) is 164 cm³/mol. The molecule has 1 fully saturated rings. The third-order valence-corrected chi connectivity index (χ3v) is 7.55. The number of nitrogens with one attached hydrogen (secondary N) is 2. The summed E-state index contributed by atoms with van der Waals surface area (Å²) in [5.74, 6) is -0.331. The van der Waals surface area contributed by atoms with Crippen LogP contribution in [0.25, 0.3) is 10.9 Å². The van der Waals surface area contributed by atoms with Crippen LogP contribution in [0.2, 0.25) is 0 Å². The maximum atomic E-state index is 13.3. The maximum Gasteiger partial charge on any atom is 0.291 e. The molecule has 10 nitrogen and oxygen atoms in total. The number of amides is 1. The molecule has 5 aromatic rings. The molecule has 3 heterocycles. The Kier molecular flexibility index (Phi) is 7.28. The fourth-order valence-electron chi connectivity index (χ4n) is 5.11. The highest BCUT2D eigenvalue weighted by Gasteiger charge is 2.17. The number of aromatic nitrogens is 3. The predicted octanol–water partition coefficient (Wildman–Crippen LogP) is 4.59. The monoisotopic (exact) mass is 561 g/mol. The van der Waals surface area contributed by atoms with Crippen LogP contribution in [0.4, 0.5) is 17.1 Å². The smallest absolute Gasteiger partial charge is 0.291 e. The number of imidazole rings is 1. The molecule has 42 heavy (non-hydrogen) atoms. The number of hydrogen-bond acceptors (Lipinski definition) is 7. The molecule has 0 aliphatic carbocycles. The van der Waals surface area contributed by atoms with Crippen molar-refractivity contribution in [1.29, 1.82) is 0 Å². The van der Waals surface area contributed by atoms with Crippen molar-refractivity contribution in [3.8, 4) is 5.88 Å². The molecule has 0 bridgehead atoms. The van der Waals surface area contributed by atoms with Crippen molar-refractivity contribution >= 4 is 45.9 Å². The molecule has 3 aromatic carbocycles. The van der Waals surface area contributed by atoms with Crippen LogP contribution in [0.1, 0.15) is 32.1 Å². The lowest BCUT2D eigenvalue weighted by atomic mass is 10.0. The summed E-state index contributed by atoms with van der Waals surface area (Å²) in [5.41, 5.74) is 4.47. The van der Waals surface area contributed by atoms with Crippen molar-refractivity contribution in [1.82, 2.24) is 19.4 Å². The van der Waals surface area contributed by atoms with Crippen LogP contribution in [0.15, 0.2) is 84.1 Å². The Labute approximate surface area is 242 Å². The van der Waals surface area contributed by atoms with Gasteiger partial charge in [0.2, 0.25) is 0 Å². The number of H-pyrrole nitrogens is 1. The first-order valence-corrected chi connectivity index (χ1v) is 13.7. The van der Waals surface area contributed by atoms with Crippen molar-refractivity contribution in [3.63, 3.8) is 0 Å². The van der Waals surface area contributed by atoms with E-state index in [0.717, 1.165) is 37.3 Å². The largest absolute Gasteiger partial charge is 0.494 e. The summed E-state index contributed by atoms with van der Waals surface area (Å²) in [6.07, 6.45) is 4.87. The highest BCUT2D eigenvalue weighted by Crippen LogP contribution is 2.29. The van der Waals surface area contributed by atoms with Gasteiger partial charge in [0.15, 0.2) is 17.5 Å². The number of anilines is 2. The summed E-state index contributed by atoms with van der Waals surface area (Å²) in [5, 5.41) is 14.2. The summed E-state index contributed by atoms with van der Waals surface area (Å²) >= 11 is 0. The van der Waals surface area contributed by atoms with Gasteiger partial charge in [0.05, 0.1) is 11.3 Å². The lowest BCUT2D eigenvalue weighted by Gasteiger charge is -2.34. The molecular formula is C32H31N7O3. The van der Waals surface area contributed by atoms with E-state index in [1.807, 2.05) is 12.1 Å². The van der Waals surface area contributed by atoms with Gasteiger partial charge in [-0.25, -0.2) is 4.98 Å². The highest BCUT2D eigenvalue weighted by molar-refractivity contribution is 6.12. The van der Waals surface area contributed by atoms with Gasteiger partial charge in [-0.15, -0.1) is 0 Å². The zero-order valence-electron chi connectivity index (χ0n) is 23.4. The average Bonchev–Trinajstić information content (AvgIpc) is 3.57. The number of benzene rings is 3. The maximum absolute atomic E-state index is 13.3. The minimum absolute atomic E-state index is 0.0219. The molecule has 3 N–H and O–H groups in total. The molecule has 6 rings (SSSR count). The Bertz CT molecular complexity index is 1790. The lowest BCUT2D eigenvalue weighted by molar-refractivity contribution is 0.101. The van der Waals surface area contributed by atoms with Crippen molar-refractivity contribution in [2.24, 2.45) is 12.0 Å². The summed E-state index contributed by atoms with van der Waals surface area (Å²) in [6.45, 7) is 4.09. The van der Waals surface area contributed by atoms with Crippen molar-refractivity contribution in [3.05, 3.63) is 102 Å². The number of piperazine rings is 1. The van der Waals surface area contributed by atoms with Crippen LogP contribution in [-0.4, -0.2) is 75.7 Å². The first-order chi connectivity index (χ1) is 20.4. The molecule has 0 atom stereocenters. The second kappa shape index (κ2) is 11.3. The fraction of sp³-hybridized carbons (Fsp3) is 0.188. The Morgan fingerprint density at radius 2 is 1.74 bits per heavy atom. The van der Waals surface area contributed by atoms with Crippen LogP contribution < -0.4 is 10.2 Å². The second-order valence-corrected chi connectivity index (χ2v) is 10.4. The minimum atomic E-state index is -0.365. The molecule has 1 aliphatic heterocycles. The van der Waals surface area contributed by atoms with E-state index in [9.17, 15) is 14.7 Å². The quantitative estimate of drug-likeness (QED) is 0.198. The number of aromatic amines is 1. The van der Waals surface area contributed by atoms with Crippen molar-refractivity contribution in [2.45, 2.75) is 0 Å². The summed E-state index contributed by atoms with van der Waals surface area (Å²) < 4.78 is 1.62. The average molecular weight is 562 g/mol. The van der Waals surface area contributed by atoms with Crippen LogP contribution in [0, 0.1) is 0 Å². The molecule has 1 saturated heterocycles. The number of likely N-dealkylation sites (N-methyl/N-ethyl adjacent to an activating group) is 1. The third kappa shape index (κ3) is 5.52. The first kappa shape index (κ1) is 27.0. The van der Waals surface area contributed by atoms with Gasteiger partial charge >= 0.3 is 0 Å². The number of hydrogen-bond donors (Lipinski definition) is 3. The molecule has 0 unspecified atom stereocenters. The van der Waals surface area contributed by atoms with E-state index in [1.165, 1.54) is 5.69 Å². The van der Waals surface area contributed by atoms with E-state index in [2.05, 4.69) is 49.3 Å². The van der Waals surface area contributed by atoms with E-state index < -0.39 is 0 Å². The minimum Gasteiger partial charge on any atom is -0.494 e. The third-order valence-electron chi connectivity index (χ3n) is 7.55. The Morgan fingerprint density at radius 1 is 0.976 bits per heavy atom. The first-order valence-electron chi connectivity index (χ1n) is 13.7. The molecule has 0 spiro atoms. The number of aryl methyl sites for hydroxylation is 1. The number of nitrogens with zero attached hydrogens (tertiary/aromatic N) is 5. The molecule has 2 aromatic heterocycles. The molecule has 0 radical (unpaired) electrons. The lowest BCUT2D eigenvalue weighted by Crippen LogP contribution is -2.44. The zero-order valence-corrected chi connectivity index (χ0v) is 23.4. The molecular weight excluding hydrogens is 530 g/mol. The number of rotatable bonds is 7. The number of carbonyl (C=O) groups excluding carboxylic acids is 2. The molecule has 212 valence electrons. The number of aliphatic imine (C=N–C) groups is 1. The topological polar surface area (TPSA) is 119 Å². The second-order valence-electron chi connectivity index (χ2n) is 10.4. The Balaban J connectivity index is 1.17. The number of carbonyl (C=O) groups is 2. The summed E-state index contributed by atoms with van der Waals surface area (Å²) in [7, 11) is 3.88. The van der Waals surface area contributed by atoms with Gasteiger partial charge in [-0.2, -0.15) is 0 Å². The van der Waals surface area contributed by atoms with E-state index in [1.54, 1.807) is 72.7 Å². The van der Waals surface area contributed by atoms with Crippen LogP contribution in [0.5, 0.6) is 5.88 Å². The molecule has 0 saturated carbocycles. The van der Waals surface area contributed by atoms with E-state index in [0.29, 0.717) is 27.9 Å². The SMILES string of the molecule is CN1CCN(c2ccc(N=Cc3c(O)[nH]c4cc(C(=O)c5cccc(NC(=O)c6nccn6C)c5)ccc34)cc2)CC1. The number of fused-ring (bicyclic) bond motifs is 1. The van der Waals surface area contributed by atoms with Gasteiger partial charge in [0, 0.05) is 85.2 Å². The number of aromatic hydroxyl groups is 1. The van der Waals surface area contributed by atoms with Gasteiger partial charge in [-0.05, 0) is 49.5 Å². The van der Waals surface area contributed by atoms with Gasteiger partial charge in [-0.3, -0.25) is 14.6 Å². The highest BCUT2D eigenvalue weighted by atomic mass is 16.3.